The van der Waals surface area contributed by atoms with E-state index in [0.717, 1.165) is 23.4 Å². The Hall–Kier alpha value is -2.08. The van der Waals surface area contributed by atoms with E-state index in [0.29, 0.717) is 17.2 Å². The number of rotatable bonds is 7. The lowest BCUT2D eigenvalue weighted by Gasteiger charge is -2.11. The van der Waals surface area contributed by atoms with Gasteiger partial charge in [0.1, 0.15) is 10.7 Å². The van der Waals surface area contributed by atoms with Crippen LogP contribution in [0.15, 0.2) is 23.6 Å². The predicted molar refractivity (Wildman–Crippen MR) is 92.5 cm³/mol. The number of thiazole rings is 1. The first-order valence-corrected chi connectivity index (χ1v) is 8.46. The molecule has 0 aliphatic rings. The van der Waals surface area contributed by atoms with Crippen molar-refractivity contribution in [3.8, 4) is 22.1 Å². The van der Waals surface area contributed by atoms with Crippen LogP contribution in [-0.4, -0.2) is 31.2 Å². The second kappa shape index (κ2) is 7.97. The molecular formula is C17H22N2O3S. The zero-order valence-corrected chi connectivity index (χ0v) is 14.7. The Bertz CT molecular complexity index is 670. The smallest absolute Gasteiger partial charge is 0.270 e. The molecule has 1 aromatic carbocycles. The van der Waals surface area contributed by atoms with Crippen LogP contribution in [0.5, 0.6) is 11.5 Å². The number of para-hydroxylation sites is 1. The second-order valence-electron chi connectivity index (χ2n) is 5.24. The van der Waals surface area contributed by atoms with E-state index in [9.17, 15) is 4.79 Å². The van der Waals surface area contributed by atoms with Gasteiger partial charge in [0.15, 0.2) is 11.5 Å². The molecule has 2 rings (SSSR count). The van der Waals surface area contributed by atoms with E-state index in [2.05, 4.69) is 17.2 Å². The number of benzene rings is 1. The van der Waals surface area contributed by atoms with Crippen molar-refractivity contribution in [2.24, 2.45) is 0 Å². The fraction of sp³-hybridized carbons (Fsp3) is 0.412. The van der Waals surface area contributed by atoms with Gasteiger partial charge in [-0.05, 0) is 25.5 Å². The maximum atomic E-state index is 12.2. The van der Waals surface area contributed by atoms with Crippen molar-refractivity contribution in [2.75, 3.05) is 14.2 Å². The van der Waals surface area contributed by atoms with E-state index in [1.807, 2.05) is 25.1 Å². The average Bonchev–Trinajstić information content (AvgIpc) is 3.04. The number of aromatic nitrogens is 1. The molecular weight excluding hydrogens is 312 g/mol. The Morgan fingerprint density at radius 1 is 1.35 bits per heavy atom. The monoisotopic (exact) mass is 334 g/mol. The molecule has 1 aromatic heterocycles. The lowest BCUT2D eigenvalue weighted by atomic mass is 10.2. The quantitative estimate of drug-likeness (QED) is 0.838. The Morgan fingerprint density at radius 2 is 2.13 bits per heavy atom. The largest absolute Gasteiger partial charge is 0.493 e. The van der Waals surface area contributed by atoms with Gasteiger partial charge in [0.05, 0.1) is 19.8 Å². The molecule has 0 unspecified atom stereocenters. The molecule has 23 heavy (non-hydrogen) atoms. The molecule has 0 aliphatic carbocycles. The molecule has 1 N–H and O–H groups in total. The van der Waals surface area contributed by atoms with E-state index in [4.69, 9.17) is 9.47 Å². The summed E-state index contributed by atoms with van der Waals surface area (Å²) in [7, 11) is 3.19. The van der Waals surface area contributed by atoms with Gasteiger partial charge >= 0.3 is 0 Å². The topological polar surface area (TPSA) is 60.5 Å². The summed E-state index contributed by atoms with van der Waals surface area (Å²) in [5, 5.41) is 5.46. The Balaban J connectivity index is 2.24. The first-order valence-electron chi connectivity index (χ1n) is 7.58. The molecule has 1 amide bonds. The molecule has 2 aromatic rings. The maximum Gasteiger partial charge on any atom is 0.270 e. The molecule has 0 saturated heterocycles. The minimum Gasteiger partial charge on any atom is -0.493 e. The molecule has 0 spiro atoms. The average molecular weight is 334 g/mol. The number of nitrogens with one attached hydrogen (secondary N) is 1. The van der Waals surface area contributed by atoms with Crippen LogP contribution in [-0.2, 0) is 0 Å². The summed E-state index contributed by atoms with van der Waals surface area (Å²) >= 11 is 1.41. The van der Waals surface area contributed by atoms with Gasteiger partial charge in [-0.1, -0.05) is 19.4 Å². The molecule has 124 valence electrons. The summed E-state index contributed by atoms with van der Waals surface area (Å²) in [5.74, 6) is 1.12. The molecule has 5 nitrogen and oxygen atoms in total. The molecule has 0 saturated carbocycles. The third kappa shape index (κ3) is 4.01. The second-order valence-corrected chi connectivity index (χ2v) is 6.10. The van der Waals surface area contributed by atoms with Crippen LogP contribution >= 0.6 is 11.3 Å². The molecule has 6 heteroatoms. The third-order valence-electron chi connectivity index (χ3n) is 3.47. The van der Waals surface area contributed by atoms with Gasteiger partial charge < -0.3 is 14.8 Å². The number of hydrogen-bond donors (Lipinski definition) is 1. The van der Waals surface area contributed by atoms with Crippen molar-refractivity contribution < 1.29 is 14.3 Å². The van der Waals surface area contributed by atoms with Gasteiger partial charge in [-0.25, -0.2) is 4.98 Å². The zero-order valence-electron chi connectivity index (χ0n) is 13.9. The highest BCUT2D eigenvalue weighted by Gasteiger charge is 2.17. The van der Waals surface area contributed by atoms with E-state index >= 15 is 0 Å². The van der Waals surface area contributed by atoms with Crippen molar-refractivity contribution >= 4 is 17.2 Å². The zero-order chi connectivity index (χ0) is 16.8. The molecule has 0 aliphatic heterocycles. The summed E-state index contributed by atoms with van der Waals surface area (Å²) in [6.45, 7) is 4.10. The lowest BCUT2D eigenvalue weighted by molar-refractivity contribution is 0.0934. The third-order valence-corrected chi connectivity index (χ3v) is 4.34. The Morgan fingerprint density at radius 3 is 2.78 bits per heavy atom. The fourth-order valence-corrected chi connectivity index (χ4v) is 3.18. The maximum absolute atomic E-state index is 12.2. The number of carbonyl (C=O) groups is 1. The highest BCUT2D eigenvalue weighted by Crippen LogP contribution is 2.38. The minimum atomic E-state index is -0.143. The Labute approximate surface area is 140 Å². The van der Waals surface area contributed by atoms with Gasteiger partial charge in [0, 0.05) is 11.4 Å². The molecule has 0 bridgehead atoms. The van der Waals surface area contributed by atoms with Gasteiger partial charge in [0.25, 0.3) is 5.91 Å². The molecule has 1 atom stereocenters. The van der Waals surface area contributed by atoms with Gasteiger partial charge in [-0.15, -0.1) is 11.3 Å². The van der Waals surface area contributed by atoms with Crippen molar-refractivity contribution in [3.63, 3.8) is 0 Å². The minimum absolute atomic E-state index is 0.143. The molecule has 0 radical (unpaired) electrons. The van der Waals surface area contributed by atoms with Gasteiger partial charge in [0.2, 0.25) is 0 Å². The van der Waals surface area contributed by atoms with Crippen LogP contribution in [0.2, 0.25) is 0 Å². The van der Waals surface area contributed by atoms with Crippen molar-refractivity contribution in [1.82, 2.24) is 10.3 Å². The molecule has 0 fully saturated rings. The SMILES string of the molecule is CCC[C@H](C)NC(=O)c1csc(-c2cccc(OC)c2OC)n1. The van der Waals surface area contributed by atoms with Crippen LogP contribution in [0.25, 0.3) is 10.6 Å². The van der Waals surface area contributed by atoms with Crippen molar-refractivity contribution in [1.29, 1.82) is 0 Å². The summed E-state index contributed by atoms with van der Waals surface area (Å²) in [5.41, 5.74) is 1.25. The van der Waals surface area contributed by atoms with E-state index in [1.54, 1.807) is 19.6 Å². The van der Waals surface area contributed by atoms with Crippen LogP contribution in [0.3, 0.4) is 0 Å². The van der Waals surface area contributed by atoms with Crippen molar-refractivity contribution in [3.05, 3.63) is 29.3 Å². The van der Waals surface area contributed by atoms with Crippen LogP contribution in [0, 0.1) is 0 Å². The van der Waals surface area contributed by atoms with Crippen molar-refractivity contribution in [2.45, 2.75) is 32.7 Å². The van der Waals surface area contributed by atoms with Crippen LogP contribution in [0.1, 0.15) is 37.2 Å². The first kappa shape index (κ1) is 17.3. The van der Waals surface area contributed by atoms with E-state index in [1.165, 1.54) is 11.3 Å². The van der Waals surface area contributed by atoms with E-state index < -0.39 is 0 Å². The van der Waals surface area contributed by atoms with Gasteiger partial charge in [-0.2, -0.15) is 0 Å². The summed E-state index contributed by atoms with van der Waals surface area (Å²) in [4.78, 5) is 16.7. The van der Waals surface area contributed by atoms with Crippen LogP contribution in [0.4, 0.5) is 0 Å². The number of nitrogens with zero attached hydrogens (tertiary/aromatic N) is 1. The van der Waals surface area contributed by atoms with Gasteiger partial charge in [-0.3, -0.25) is 4.79 Å². The van der Waals surface area contributed by atoms with E-state index in [-0.39, 0.29) is 11.9 Å². The first-order chi connectivity index (χ1) is 11.1. The number of ether oxygens (including phenoxy) is 2. The predicted octanol–water partition coefficient (Wildman–Crippen LogP) is 3.75. The van der Waals surface area contributed by atoms with Crippen LogP contribution < -0.4 is 14.8 Å². The summed E-state index contributed by atoms with van der Waals surface area (Å²) in [6, 6.07) is 5.75. The number of carbonyl (C=O) groups excluding carboxylic acids is 1. The highest BCUT2D eigenvalue weighted by atomic mass is 32.1. The standard InChI is InChI=1S/C17H22N2O3S/c1-5-7-11(2)18-16(20)13-10-23-17(19-13)12-8-6-9-14(21-3)15(12)22-4/h6,8-11H,5,7H2,1-4H3,(H,18,20)/t11-/m0/s1. The highest BCUT2D eigenvalue weighted by molar-refractivity contribution is 7.13. The Kier molecular flexibility index (Phi) is 5.98. The molecule has 1 heterocycles. The number of amides is 1. The fourth-order valence-electron chi connectivity index (χ4n) is 2.36. The summed E-state index contributed by atoms with van der Waals surface area (Å²) < 4.78 is 10.7. The number of hydrogen-bond acceptors (Lipinski definition) is 5. The normalized spacial score (nSPS) is 11.8. The number of methoxy groups -OCH3 is 2. The summed E-state index contributed by atoms with van der Waals surface area (Å²) in [6.07, 6.45) is 1.98. The lowest BCUT2D eigenvalue weighted by Crippen LogP contribution is -2.32.